The van der Waals surface area contributed by atoms with E-state index >= 15 is 0 Å². The van der Waals surface area contributed by atoms with E-state index in [9.17, 15) is 14.4 Å². The van der Waals surface area contributed by atoms with Gasteiger partial charge in [-0.2, -0.15) is 0 Å². The highest BCUT2D eigenvalue weighted by molar-refractivity contribution is 5.71. The Morgan fingerprint density at radius 1 is 0.299 bits per heavy atom. The summed E-state index contributed by atoms with van der Waals surface area (Å²) in [6.07, 6.45) is 69.2. The largest absolute Gasteiger partial charge is 0.462 e. The zero-order valence-electron chi connectivity index (χ0n) is 44.4. The van der Waals surface area contributed by atoms with E-state index in [0.717, 1.165) is 96.3 Å². The van der Waals surface area contributed by atoms with Crippen molar-refractivity contribution in [3.8, 4) is 0 Å². The molecule has 0 radical (unpaired) electrons. The van der Waals surface area contributed by atoms with E-state index in [1.165, 1.54) is 154 Å². The minimum Gasteiger partial charge on any atom is -0.462 e. The standard InChI is InChI=1S/C61H108O6/c1-4-7-10-13-16-19-22-25-28-30-31-32-34-36-39-42-45-48-51-54-60(63)66-57-58(56-65-59(62)53-50-47-44-41-38-35-27-24-21-18-15-12-9-6-3)67-61(64)55-52-49-46-43-40-37-33-29-26-23-20-17-14-11-8-5-2/h16,19,24-25,27-29,31-33,58H,4-15,17-18,20-23,26,30,34-57H2,1-3H3/b19-16-,27-24-,28-25-,32-31-,33-29-. The fraction of sp³-hybridized carbons (Fsp3) is 0.787. The van der Waals surface area contributed by atoms with Gasteiger partial charge in [0.05, 0.1) is 0 Å². The number of carbonyl (C=O) groups is 3. The lowest BCUT2D eigenvalue weighted by Crippen LogP contribution is -2.30. The smallest absolute Gasteiger partial charge is 0.306 e. The van der Waals surface area contributed by atoms with Gasteiger partial charge in [-0.15, -0.1) is 0 Å². The van der Waals surface area contributed by atoms with Gasteiger partial charge in [0.25, 0.3) is 0 Å². The van der Waals surface area contributed by atoms with Crippen LogP contribution in [-0.4, -0.2) is 37.2 Å². The molecule has 0 aliphatic heterocycles. The Balaban J connectivity index is 4.41. The molecule has 6 heteroatoms. The normalized spacial score (nSPS) is 12.5. The van der Waals surface area contributed by atoms with Crippen LogP contribution in [0.1, 0.15) is 290 Å². The number of esters is 3. The zero-order valence-corrected chi connectivity index (χ0v) is 44.4. The number of carbonyl (C=O) groups excluding carboxylic acids is 3. The Morgan fingerprint density at radius 2 is 0.537 bits per heavy atom. The maximum absolute atomic E-state index is 12.8. The number of hydrogen-bond donors (Lipinski definition) is 0. The summed E-state index contributed by atoms with van der Waals surface area (Å²) in [6.45, 7) is 6.60. The van der Waals surface area contributed by atoms with Crippen LogP contribution in [0, 0.1) is 0 Å². The number of rotatable bonds is 52. The Morgan fingerprint density at radius 3 is 0.881 bits per heavy atom. The highest BCUT2D eigenvalue weighted by atomic mass is 16.6. The maximum atomic E-state index is 12.8. The molecule has 0 spiro atoms. The molecule has 6 nitrogen and oxygen atoms in total. The predicted octanol–water partition coefficient (Wildman–Crippen LogP) is 19.2. The number of ether oxygens (including phenoxy) is 3. The average Bonchev–Trinajstić information content (AvgIpc) is 3.33. The summed E-state index contributed by atoms with van der Waals surface area (Å²) in [5.74, 6) is -0.905. The van der Waals surface area contributed by atoms with E-state index in [-0.39, 0.29) is 31.1 Å². The Bertz CT molecular complexity index is 1210. The van der Waals surface area contributed by atoms with Crippen molar-refractivity contribution in [1.29, 1.82) is 0 Å². The van der Waals surface area contributed by atoms with E-state index in [1.54, 1.807) is 0 Å². The fourth-order valence-corrected chi connectivity index (χ4v) is 8.09. The average molecular weight is 938 g/mol. The molecule has 0 fully saturated rings. The molecule has 0 amide bonds. The lowest BCUT2D eigenvalue weighted by Gasteiger charge is -2.18. The van der Waals surface area contributed by atoms with Gasteiger partial charge in [0, 0.05) is 19.3 Å². The Kier molecular flexibility index (Phi) is 53.3. The van der Waals surface area contributed by atoms with E-state index in [4.69, 9.17) is 14.2 Å². The highest BCUT2D eigenvalue weighted by Crippen LogP contribution is 2.15. The van der Waals surface area contributed by atoms with Crippen molar-refractivity contribution in [2.45, 2.75) is 297 Å². The molecule has 67 heavy (non-hydrogen) atoms. The molecule has 0 aromatic heterocycles. The molecule has 0 N–H and O–H groups in total. The van der Waals surface area contributed by atoms with Gasteiger partial charge in [-0.3, -0.25) is 14.4 Å². The van der Waals surface area contributed by atoms with Crippen LogP contribution < -0.4 is 0 Å². The van der Waals surface area contributed by atoms with Crippen molar-refractivity contribution in [2.24, 2.45) is 0 Å². The molecule has 0 saturated carbocycles. The molecule has 0 bridgehead atoms. The summed E-state index contributed by atoms with van der Waals surface area (Å²) >= 11 is 0. The predicted molar refractivity (Wildman–Crippen MR) is 288 cm³/mol. The SMILES string of the molecule is CCCCC/C=C\C/C=C\C/C=C\CCCCCCCCC(=O)OCC(COC(=O)CCCCCCC/C=C\CCCCCCC)OC(=O)CCCCCCC/C=C\CCCCCCCCC. The summed E-state index contributed by atoms with van der Waals surface area (Å²) in [5.41, 5.74) is 0. The molecule has 0 aromatic carbocycles. The van der Waals surface area contributed by atoms with Gasteiger partial charge in [0.2, 0.25) is 0 Å². The van der Waals surface area contributed by atoms with Gasteiger partial charge in [-0.25, -0.2) is 0 Å². The molecular weight excluding hydrogens is 829 g/mol. The van der Waals surface area contributed by atoms with Crippen molar-refractivity contribution in [2.75, 3.05) is 13.2 Å². The first-order chi connectivity index (χ1) is 33.0. The second-order valence-corrected chi connectivity index (χ2v) is 19.2. The molecule has 0 heterocycles. The second-order valence-electron chi connectivity index (χ2n) is 19.2. The van der Waals surface area contributed by atoms with Crippen LogP contribution in [-0.2, 0) is 28.6 Å². The van der Waals surface area contributed by atoms with Crippen molar-refractivity contribution < 1.29 is 28.6 Å². The van der Waals surface area contributed by atoms with Crippen LogP contribution in [0.15, 0.2) is 60.8 Å². The van der Waals surface area contributed by atoms with Gasteiger partial charge in [-0.05, 0) is 109 Å². The zero-order chi connectivity index (χ0) is 48.6. The first-order valence-corrected chi connectivity index (χ1v) is 28.8. The lowest BCUT2D eigenvalue weighted by molar-refractivity contribution is -0.167. The molecule has 1 unspecified atom stereocenters. The summed E-state index contributed by atoms with van der Waals surface area (Å²) in [6, 6.07) is 0. The Labute approximate surface area is 415 Å². The van der Waals surface area contributed by atoms with Crippen molar-refractivity contribution in [1.82, 2.24) is 0 Å². The summed E-state index contributed by atoms with van der Waals surface area (Å²) in [7, 11) is 0. The van der Waals surface area contributed by atoms with Crippen molar-refractivity contribution in [3.05, 3.63) is 60.8 Å². The van der Waals surface area contributed by atoms with Crippen LogP contribution in [0.2, 0.25) is 0 Å². The molecule has 0 aliphatic carbocycles. The molecule has 1 atom stereocenters. The van der Waals surface area contributed by atoms with Gasteiger partial charge < -0.3 is 14.2 Å². The van der Waals surface area contributed by atoms with Gasteiger partial charge in [0.1, 0.15) is 13.2 Å². The quantitative estimate of drug-likeness (QED) is 0.0262. The van der Waals surface area contributed by atoms with Crippen LogP contribution in [0.5, 0.6) is 0 Å². The van der Waals surface area contributed by atoms with Gasteiger partial charge >= 0.3 is 17.9 Å². The lowest BCUT2D eigenvalue weighted by atomic mass is 10.1. The van der Waals surface area contributed by atoms with Crippen molar-refractivity contribution in [3.63, 3.8) is 0 Å². The molecule has 0 aliphatic rings. The van der Waals surface area contributed by atoms with E-state index < -0.39 is 6.10 Å². The van der Waals surface area contributed by atoms with E-state index in [2.05, 4.69) is 81.5 Å². The van der Waals surface area contributed by atoms with Crippen molar-refractivity contribution >= 4 is 17.9 Å². The van der Waals surface area contributed by atoms with Gasteiger partial charge in [0.15, 0.2) is 6.10 Å². The summed E-state index contributed by atoms with van der Waals surface area (Å²) < 4.78 is 16.8. The third kappa shape index (κ3) is 53.9. The maximum Gasteiger partial charge on any atom is 0.306 e. The van der Waals surface area contributed by atoms with Crippen LogP contribution >= 0.6 is 0 Å². The first kappa shape index (κ1) is 64.1. The summed E-state index contributed by atoms with van der Waals surface area (Å²) in [4.78, 5) is 38.1. The summed E-state index contributed by atoms with van der Waals surface area (Å²) in [5, 5.41) is 0. The van der Waals surface area contributed by atoms with E-state index in [0.29, 0.717) is 19.3 Å². The fourth-order valence-electron chi connectivity index (χ4n) is 8.09. The minimum absolute atomic E-state index is 0.0853. The molecule has 0 rings (SSSR count). The highest BCUT2D eigenvalue weighted by Gasteiger charge is 2.19. The number of unbranched alkanes of at least 4 members (excludes halogenated alkanes) is 31. The second kappa shape index (κ2) is 55.7. The number of allylic oxidation sites excluding steroid dienone is 10. The molecule has 388 valence electrons. The van der Waals surface area contributed by atoms with E-state index in [1.807, 2.05) is 0 Å². The molecule has 0 aromatic rings. The monoisotopic (exact) mass is 937 g/mol. The third-order valence-electron chi connectivity index (χ3n) is 12.5. The first-order valence-electron chi connectivity index (χ1n) is 28.8. The molecule has 0 saturated heterocycles. The number of hydrogen-bond acceptors (Lipinski definition) is 6. The third-order valence-corrected chi connectivity index (χ3v) is 12.5. The topological polar surface area (TPSA) is 78.9 Å². The Hall–Kier alpha value is -2.89. The minimum atomic E-state index is -0.787. The van der Waals surface area contributed by atoms with Gasteiger partial charge in [-0.1, -0.05) is 223 Å². The van der Waals surface area contributed by atoms with Crippen LogP contribution in [0.3, 0.4) is 0 Å². The molecular formula is C61H108O6. The van der Waals surface area contributed by atoms with Crippen LogP contribution in [0.4, 0.5) is 0 Å². The van der Waals surface area contributed by atoms with Crippen LogP contribution in [0.25, 0.3) is 0 Å².